The summed E-state index contributed by atoms with van der Waals surface area (Å²) in [5.41, 5.74) is 1.12. The van der Waals surface area contributed by atoms with E-state index in [0.717, 1.165) is 44.6 Å². The van der Waals surface area contributed by atoms with Gasteiger partial charge in [0, 0.05) is 43.7 Å². The first kappa shape index (κ1) is 15.4. The van der Waals surface area contributed by atoms with E-state index in [-0.39, 0.29) is 9.92 Å². The lowest BCUT2D eigenvalue weighted by Crippen LogP contribution is -2.45. The third-order valence-corrected chi connectivity index (χ3v) is 4.68. The molecule has 1 fully saturated rings. The van der Waals surface area contributed by atoms with Crippen LogP contribution < -0.4 is 5.32 Å². The lowest BCUT2D eigenvalue weighted by atomic mass is 9.97. The zero-order chi connectivity index (χ0) is 14.5. The zero-order valence-corrected chi connectivity index (χ0v) is 13.0. The Hall–Kier alpha value is -0.980. The van der Waals surface area contributed by atoms with Crippen molar-refractivity contribution < 1.29 is 4.92 Å². The number of hydrogen-bond donors (Lipinski definition) is 1. The molecule has 1 N–H and O–H groups in total. The highest BCUT2D eigenvalue weighted by molar-refractivity contribution is 7.13. The molecule has 0 aliphatic carbocycles. The van der Waals surface area contributed by atoms with Crippen molar-refractivity contribution in [3.8, 4) is 0 Å². The minimum absolute atomic E-state index is 0.254. The van der Waals surface area contributed by atoms with Crippen molar-refractivity contribution in [3.05, 3.63) is 27.1 Å². The summed E-state index contributed by atoms with van der Waals surface area (Å²) in [5.74, 6) is 0.661. The van der Waals surface area contributed by atoms with Gasteiger partial charge in [0.15, 0.2) is 0 Å². The molecule has 0 unspecified atom stereocenters. The number of hydrogen-bond acceptors (Lipinski definition) is 5. The van der Waals surface area contributed by atoms with Gasteiger partial charge in [0.05, 0.1) is 4.92 Å². The summed E-state index contributed by atoms with van der Waals surface area (Å²) in [5, 5.41) is 16.5. The lowest BCUT2D eigenvalue weighted by Gasteiger charge is -2.35. The minimum Gasteiger partial charge on any atom is -0.314 e. The van der Waals surface area contributed by atoms with Crippen molar-refractivity contribution in [2.24, 2.45) is 5.92 Å². The van der Waals surface area contributed by atoms with E-state index in [1.54, 1.807) is 6.07 Å². The van der Waals surface area contributed by atoms with Crippen LogP contribution in [-0.2, 0) is 0 Å². The van der Waals surface area contributed by atoms with Crippen LogP contribution >= 0.6 is 11.3 Å². The van der Waals surface area contributed by atoms with E-state index < -0.39 is 0 Å². The number of nitrogens with zero attached hydrogens (tertiary/aromatic N) is 2. The van der Waals surface area contributed by atoms with E-state index in [4.69, 9.17) is 0 Å². The van der Waals surface area contributed by atoms with Gasteiger partial charge in [-0.1, -0.05) is 25.2 Å². The van der Waals surface area contributed by atoms with Gasteiger partial charge in [0.25, 0.3) is 0 Å². The second-order valence-corrected chi connectivity index (χ2v) is 6.64. The van der Waals surface area contributed by atoms with Crippen LogP contribution in [0.4, 0.5) is 5.00 Å². The molecule has 0 amide bonds. The quantitative estimate of drug-likeness (QED) is 0.647. The Labute approximate surface area is 124 Å². The molecule has 0 spiro atoms. The van der Waals surface area contributed by atoms with Crippen LogP contribution in [0.15, 0.2) is 11.4 Å². The van der Waals surface area contributed by atoms with Crippen molar-refractivity contribution in [2.75, 3.05) is 26.2 Å². The number of nitro groups is 1. The highest BCUT2D eigenvalue weighted by Crippen LogP contribution is 2.33. The average Bonchev–Trinajstić information content (AvgIpc) is 2.90. The molecular weight excluding hydrogens is 274 g/mol. The maximum atomic E-state index is 10.9. The van der Waals surface area contributed by atoms with Crippen molar-refractivity contribution in [2.45, 2.75) is 32.7 Å². The fourth-order valence-electron chi connectivity index (χ4n) is 2.65. The largest absolute Gasteiger partial charge is 0.324 e. The van der Waals surface area contributed by atoms with Crippen LogP contribution in [0.3, 0.4) is 0 Å². The van der Waals surface area contributed by atoms with Crippen LogP contribution in [-0.4, -0.2) is 36.0 Å². The highest BCUT2D eigenvalue weighted by atomic mass is 32.1. The molecule has 1 aromatic rings. The van der Waals surface area contributed by atoms with Gasteiger partial charge in [-0.25, -0.2) is 0 Å². The second kappa shape index (κ2) is 7.15. The Morgan fingerprint density at radius 3 is 2.65 bits per heavy atom. The van der Waals surface area contributed by atoms with Crippen LogP contribution in [0.5, 0.6) is 0 Å². The molecule has 2 heterocycles. The molecule has 112 valence electrons. The molecule has 1 aliphatic heterocycles. The standard InChI is InChI=1S/C14H23N3O2S/c1-11(2)3-4-13(16-7-5-15-6-8-16)12-9-14(17(18)19)20-10-12/h9-11,13,15H,3-8H2,1-2H3/t13-/m1/s1. The Kier molecular flexibility index (Phi) is 5.51. The monoisotopic (exact) mass is 297 g/mol. The van der Waals surface area contributed by atoms with Gasteiger partial charge in [0.1, 0.15) is 0 Å². The van der Waals surface area contributed by atoms with Gasteiger partial charge in [0.2, 0.25) is 0 Å². The van der Waals surface area contributed by atoms with Crippen LogP contribution in [0.2, 0.25) is 0 Å². The Morgan fingerprint density at radius 2 is 2.10 bits per heavy atom. The number of piperazine rings is 1. The predicted octanol–water partition coefficient (Wildman–Crippen LogP) is 3.04. The number of thiophene rings is 1. The minimum atomic E-state index is -0.286. The molecule has 1 saturated heterocycles. The summed E-state index contributed by atoms with van der Waals surface area (Å²) in [6.07, 6.45) is 2.23. The fourth-order valence-corrected chi connectivity index (χ4v) is 3.43. The third-order valence-electron chi connectivity index (χ3n) is 3.78. The Morgan fingerprint density at radius 1 is 1.40 bits per heavy atom. The molecule has 1 aliphatic rings. The molecule has 20 heavy (non-hydrogen) atoms. The number of nitrogens with one attached hydrogen (secondary N) is 1. The van der Waals surface area contributed by atoms with Gasteiger partial charge < -0.3 is 5.32 Å². The molecular formula is C14H23N3O2S. The average molecular weight is 297 g/mol. The van der Waals surface area contributed by atoms with Crippen molar-refractivity contribution in [1.29, 1.82) is 0 Å². The van der Waals surface area contributed by atoms with E-state index in [0.29, 0.717) is 12.0 Å². The molecule has 0 aromatic carbocycles. The van der Waals surface area contributed by atoms with Gasteiger partial charge in [-0.3, -0.25) is 15.0 Å². The summed E-state index contributed by atoms with van der Waals surface area (Å²) >= 11 is 1.24. The van der Waals surface area contributed by atoms with Gasteiger partial charge in [-0.15, -0.1) is 0 Å². The molecule has 0 bridgehead atoms. The van der Waals surface area contributed by atoms with E-state index in [9.17, 15) is 10.1 Å². The first-order valence-corrected chi connectivity index (χ1v) is 8.13. The zero-order valence-electron chi connectivity index (χ0n) is 12.2. The van der Waals surface area contributed by atoms with Crippen molar-refractivity contribution in [3.63, 3.8) is 0 Å². The third kappa shape index (κ3) is 4.01. The van der Waals surface area contributed by atoms with Gasteiger partial charge >= 0.3 is 5.00 Å². The van der Waals surface area contributed by atoms with E-state index in [1.807, 2.05) is 5.38 Å². The molecule has 2 rings (SSSR count). The molecule has 1 atom stereocenters. The van der Waals surface area contributed by atoms with Crippen LogP contribution in [0.1, 0.15) is 38.3 Å². The van der Waals surface area contributed by atoms with E-state index in [1.165, 1.54) is 11.3 Å². The molecule has 6 heteroatoms. The second-order valence-electron chi connectivity index (χ2n) is 5.75. The fraction of sp³-hybridized carbons (Fsp3) is 0.714. The Balaban J connectivity index is 2.12. The van der Waals surface area contributed by atoms with Crippen LogP contribution in [0, 0.1) is 16.0 Å². The summed E-state index contributed by atoms with van der Waals surface area (Å²) in [6.45, 7) is 8.50. The summed E-state index contributed by atoms with van der Waals surface area (Å²) in [7, 11) is 0. The first-order chi connectivity index (χ1) is 9.58. The van der Waals surface area contributed by atoms with Crippen LogP contribution in [0.25, 0.3) is 0 Å². The normalized spacial score (nSPS) is 18.4. The van der Waals surface area contributed by atoms with Gasteiger partial charge in [-0.05, 0) is 24.3 Å². The summed E-state index contributed by atoms with van der Waals surface area (Å²) in [4.78, 5) is 13.0. The van der Waals surface area contributed by atoms with E-state index in [2.05, 4.69) is 24.1 Å². The predicted molar refractivity (Wildman–Crippen MR) is 82.2 cm³/mol. The lowest BCUT2D eigenvalue weighted by molar-refractivity contribution is -0.380. The van der Waals surface area contributed by atoms with Gasteiger partial charge in [-0.2, -0.15) is 0 Å². The molecule has 5 nitrogen and oxygen atoms in total. The molecule has 0 radical (unpaired) electrons. The van der Waals surface area contributed by atoms with E-state index >= 15 is 0 Å². The Bertz CT molecular complexity index is 441. The van der Waals surface area contributed by atoms with Crippen molar-refractivity contribution >= 4 is 16.3 Å². The van der Waals surface area contributed by atoms with Crippen molar-refractivity contribution in [1.82, 2.24) is 10.2 Å². The maximum Gasteiger partial charge on any atom is 0.324 e. The highest BCUT2D eigenvalue weighted by Gasteiger charge is 2.24. The SMILES string of the molecule is CC(C)CC[C@H](c1csc([N+](=O)[O-])c1)N1CCNCC1. The molecule has 1 aromatic heterocycles. The topological polar surface area (TPSA) is 58.4 Å². The smallest absolute Gasteiger partial charge is 0.314 e. The summed E-state index contributed by atoms with van der Waals surface area (Å²) < 4.78 is 0. The number of rotatable bonds is 6. The molecule has 0 saturated carbocycles. The first-order valence-electron chi connectivity index (χ1n) is 7.25. The maximum absolute atomic E-state index is 10.9. The summed E-state index contributed by atoms with van der Waals surface area (Å²) in [6, 6.07) is 2.09.